The third-order valence-electron chi connectivity index (χ3n) is 3.98. The van der Waals surface area contributed by atoms with Crippen LogP contribution in [0.15, 0.2) is 48.5 Å². The molecule has 0 aromatic heterocycles. The second kappa shape index (κ2) is 13.1. The molecule has 0 aliphatic carbocycles. The van der Waals surface area contributed by atoms with Gasteiger partial charge in [0.25, 0.3) is 0 Å². The molecule has 0 fully saturated rings. The second-order valence-electron chi connectivity index (χ2n) is 5.83. The van der Waals surface area contributed by atoms with Crippen LogP contribution >= 0.6 is 8.15 Å². The minimum Gasteiger partial charge on any atom is -1.00 e. The zero-order valence-electron chi connectivity index (χ0n) is 14.8. The fraction of sp³-hybridized carbons (Fsp3) is 0.400. The molecular weight excluding hydrogens is 347 g/mol. The Morgan fingerprint density at radius 1 is 0.708 bits per heavy atom. The van der Waals surface area contributed by atoms with Gasteiger partial charge in [-0.2, -0.15) is 0 Å². The van der Waals surface area contributed by atoms with Crippen LogP contribution in [0, 0.1) is 0 Å². The molecule has 126 valence electrons. The van der Waals surface area contributed by atoms with E-state index in [9.17, 15) is 4.89 Å². The van der Waals surface area contributed by atoms with E-state index < -0.39 is 8.15 Å². The van der Waals surface area contributed by atoms with Gasteiger partial charge in [-0.1, -0.05) is 75.2 Å². The van der Waals surface area contributed by atoms with Crippen LogP contribution in [0.4, 0.5) is 0 Å². The van der Waals surface area contributed by atoms with Crippen LogP contribution in [0.1, 0.15) is 50.7 Å². The maximum atomic E-state index is 12.6. The van der Waals surface area contributed by atoms with Crippen molar-refractivity contribution in [1.82, 2.24) is 0 Å². The van der Waals surface area contributed by atoms with E-state index in [0.29, 0.717) is 0 Å². The first-order chi connectivity index (χ1) is 10.7. The average Bonchev–Trinajstić information content (AvgIpc) is 2.58. The summed E-state index contributed by atoms with van der Waals surface area (Å²) in [5, 5.41) is 1.85. The van der Waals surface area contributed by atoms with Crippen molar-refractivity contribution in [3.05, 3.63) is 59.7 Å². The van der Waals surface area contributed by atoms with Gasteiger partial charge in [0.2, 0.25) is 0 Å². The van der Waals surface area contributed by atoms with Crippen molar-refractivity contribution in [3.8, 4) is 0 Å². The van der Waals surface area contributed by atoms with Gasteiger partial charge in [-0.25, -0.2) is 0 Å². The molecule has 0 N–H and O–H groups in total. The molecule has 0 radical (unpaired) electrons. The van der Waals surface area contributed by atoms with Crippen LogP contribution in [0.3, 0.4) is 0 Å². The predicted molar refractivity (Wildman–Crippen MR) is 102 cm³/mol. The molecule has 0 amide bonds. The maximum absolute atomic E-state index is 12.6. The second-order valence-corrected chi connectivity index (χ2v) is 7.46. The first kappa shape index (κ1) is 23.9. The van der Waals surface area contributed by atoms with Crippen molar-refractivity contribution in [2.75, 3.05) is 0 Å². The van der Waals surface area contributed by atoms with E-state index in [1.54, 1.807) is 0 Å². The van der Waals surface area contributed by atoms with Crippen LogP contribution < -0.4 is 27.9 Å². The van der Waals surface area contributed by atoms with Crippen LogP contribution in [0.5, 0.6) is 0 Å². The Morgan fingerprint density at radius 2 is 1.04 bits per heavy atom. The molecule has 0 saturated heterocycles. The largest absolute Gasteiger partial charge is 2.00 e. The van der Waals surface area contributed by atoms with Gasteiger partial charge in [-0.05, 0) is 47.4 Å². The van der Waals surface area contributed by atoms with Crippen LogP contribution in [-0.2, 0) is 12.8 Å². The monoisotopic (exact) mass is 372 g/mol. The van der Waals surface area contributed by atoms with E-state index in [-0.39, 0.29) is 35.5 Å². The molecule has 0 spiro atoms. The molecule has 2 aromatic carbocycles. The number of benzene rings is 2. The number of halogens is 1. The fourth-order valence-electron chi connectivity index (χ4n) is 2.51. The predicted octanol–water partition coefficient (Wildman–Crippen LogP) is 0.703. The summed E-state index contributed by atoms with van der Waals surface area (Å²) in [4.78, 5) is 12.6. The van der Waals surface area contributed by atoms with Gasteiger partial charge in [-0.15, -0.1) is 8.15 Å². The maximum Gasteiger partial charge on any atom is 2.00 e. The van der Waals surface area contributed by atoms with Crippen molar-refractivity contribution in [2.45, 2.75) is 52.4 Å². The molecule has 2 aromatic rings. The molecule has 2 rings (SSSR count). The molecule has 0 unspecified atom stereocenters. The molecule has 0 heterocycles. The Morgan fingerprint density at radius 3 is 1.33 bits per heavy atom. The van der Waals surface area contributed by atoms with Crippen molar-refractivity contribution in [1.29, 1.82) is 0 Å². The minimum atomic E-state index is -1.47. The van der Waals surface area contributed by atoms with Crippen molar-refractivity contribution in [3.63, 3.8) is 0 Å². The van der Waals surface area contributed by atoms with E-state index in [0.717, 1.165) is 23.5 Å². The van der Waals surface area contributed by atoms with Crippen molar-refractivity contribution >= 4 is 41.8 Å². The summed E-state index contributed by atoms with van der Waals surface area (Å²) in [6.07, 6.45) is 7.07. The van der Waals surface area contributed by atoms with E-state index in [1.165, 1.54) is 36.8 Å². The molecule has 4 heteroatoms. The van der Waals surface area contributed by atoms with Gasteiger partial charge in [0.15, 0.2) is 0 Å². The van der Waals surface area contributed by atoms with Gasteiger partial charge < -0.3 is 17.3 Å². The Kier molecular flexibility index (Phi) is 13.1. The van der Waals surface area contributed by atoms with E-state index in [4.69, 9.17) is 0 Å². The first-order valence-corrected chi connectivity index (χ1v) is 9.65. The number of hydrogen-bond donors (Lipinski definition) is 0. The molecule has 0 atom stereocenters. The summed E-state index contributed by atoms with van der Waals surface area (Å²) >= 11 is 0. The van der Waals surface area contributed by atoms with Crippen LogP contribution in [-0.4, -0.2) is 23.1 Å². The Labute approximate surface area is 170 Å². The third kappa shape index (κ3) is 7.41. The van der Waals surface area contributed by atoms with Gasteiger partial charge >= 0.3 is 23.1 Å². The van der Waals surface area contributed by atoms with Gasteiger partial charge in [0, 0.05) is 0 Å². The van der Waals surface area contributed by atoms with E-state index in [1.807, 2.05) is 24.3 Å². The summed E-state index contributed by atoms with van der Waals surface area (Å²) in [6.45, 7) is 4.41. The van der Waals surface area contributed by atoms with Crippen molar-refractivity contribution in [2.24, 2.45) is 0 Å². The third-order valence-corrected chi connectivity index (χ3v) is 5.51. The quantitative estimate of drug-likeness (QED) is 0.494. The van der Waals surface area contributed by atoms with Crippen LogP contribution in [0.2, 0.25) is 0 Å². The smallest absolute Gasteiger partial charge is 1.00 e. The summed E-state index contributed by atoms with van der Waals surface area (Å²) in [5.41, 5.74) is 2.67. The zero-order valence-corrected chi connectivity index (χ0v) is 17.9. The molecular formula is C20H26ClMgOP. The molecule has 0 bridgehead atoms. The molecule has 0 saturated carbocycles. The van der Waals surface area contributed by atoms with E-state index >= 15 is 0 Å². The Bertz CT molecular complexity index is 505. The summed E-state index contributed by atoms with van der Waals surface area (Å²) in [6, 6.07) is 16.6. The SMILES string of the molecule is CCCCc1ccc(P([O-])c2ccc(CCCC)cc2)cc1.[Cl-].[Mg+2]. The number of rotatable bonds is 8. The topological polar surface area (TPSA) is 23.1 Å². The Hall–Kier alpha value is -0.114. The summed E-state index contributed by atoms with van der Waals surface area (Å²) < 4.78 is 0. The van der Waals surface area contributed by atoms with Crippen molar-refractivity contribution < 1.29 is 17.3 Å². The van der Waals surface area contributed by atoms with Gasteiger partial charge in [0.05, 0.1) is 0 Å². The molecule has 0 aliphatic rings. The van der Waals surface area contributed by atoms with Gasteiger partial charge in [0.1, 0.15) is 0 Å². The normalized spacial score (nSPS) is 10.2. The fourth-order valence-corrected chi connectivity index (χ4v) is 3.64. The molecule has 24 heavy (non-hydrogen) atoms. The average molecular weight is 373 g/mol. The zero-order chi connectivity index (χ0) is 15.8. The number of aryl methyl sites for hydroxylation is 2. The van der Waals surface area contributed by atoms with Gasteiger partial charge in [-0.3, -0.25) is 0 Å². The number of hydrogen-bond acceptors (Lipinski definition) is 1. The summed E-state index contributed by atoms with van der Waals surface area (Å²) in [5.74, 6) is 0. The first-order valence-electron chi connectivity index (χ1n) is 8.39. The number of unbranched alkanes of at least 4 members (excludes halogenated alkanes) is 2. The molecule has 0 aliphatic heterocycles. The molecule has 1 nitrogen and oxygen atoms in total. The minimum absolute atomic E-state index is 0. The van der Waals surface area contributed by atoms with Crippen LogP contribution in [0.25, 0.3) is 0 Å². The summed E-state index contributed by atoms with van der Waals surface area (Å²) in [7, 11) is -1.47. The van der Waals surface area contributed by atoms with E-state index in [2.05, 4.69) is 38.1 Å². The Balaban J connectivity index is 0.00000264. The standard InChI is InChI=1S/C20H26OP.ClH.Mg/c1-3-5-7-17-9-13-19(14-10-17)22(21)20-15-11-18(12-16-20)8-6-4-2;;/h9-16H,3-8H2,1-2H3;1H;/q-1;;+2/p-1.